The molecule has 2 N–H and O–H groups in total. The Labute approximate surface area is 243 Å². The fraction of sp³-hybridized carbons (Fsp3) is 0. The van der Waals surface area contributed by atoms with E-state index in [0.29, 0.717) is 17.1 Å². The lowest BCUT2D eigenvalue weighted by Crippen LogP contribution is -2.38. The van der Waals surface area contributed by atoms with Crippen LogP contribution in [0.3, 0.4) is 0 Å². The zero-order valence-corrected chi connectivity index (χ0v) is 23.5. The van der Waals surface area contributed by atoms with Gasteiger partial charge in [-0.2, -0.15) is 0 Å². The molecule has 2 amide bonds. The van der Waals surface area contributed by atoms with Gasteiger partial charge in [-0.3, -0.25) is 19.7 Å². The largest absolute Gasteiger partial charge is 0.456 e. The minimum absolute atomic E-state index is 0.240. The number of nitrogens with zero attached hydrogens (tertiary/aromatic N) is 1. The van der Waals surface area contributed by atoms with E-state index in [9.17, 15) is 28.1 Å². The van der Waals surface area contributed by atoms with Crippen molar-refractivity contribution in [3.63, 3.8) is 0 Å². The first-order valence-electron chi connectivity index (χ1n) is 11.5. The van der Waals surface area contributed by atoms with Gasteiger partial charge in [0.25, 0.3) is 27.5 Å². The van der Waals surface area contributed by atoms with E-state index in [0.717, 1.165) is 21.8 Å². The summed E-state index contributed by atoms with van der Waals surface area (Å²) in [7, 11) is -4.52. The van der Waals surface area contributed by atoms with Crippen LogP contribution in [0, 0.1) is 13.7 Å². The molecule has 0 fully saturated rings. The van der Waals surface area contributed by atoms with Gasteiger partial charge in [-0.15, -0.1) is 0 Å². The molecule has 0 aliphatic heterocycles. The summed E-state index contributed by atoms with van der Waals surface area (Å²) in [5.41, 5.74) is -0.129. The standard InChI is InChI=1S/C28H20IN3O7S/c29-24-11-4-5-12-26(24)39-22-15-13-19(14-16-22)17-25(30-27(33)20-7-2-1-3-8-20)28(34)31-40(37,38)23-10-6-9-21(18-23)32(35)36/h1-18H,(H,30,33)(H,31,34)/b25-17+. The summed E-state index contributed by atoms with van der Waals surface area (Å²) in [5.74, 6) is -0.606. The van der Waals surface area contributed by atoms with Gasteiger partial charge in [-0.05, 0) is 76.7 Å². The van der Waals surface area contributed by atoms with Gasteiger partial charge < -0.3 is 10.1 Å². The molecule has 0 aromatic heterocycles. The number of carbonyl (C=O) groups excluding carboxylic acids is 2. The van der Waals surface area contributed by atoms with Crippen molar-refractivity contribution in [2.45, 2.75) is 4.90 Å². The normalized spacial score (nSPS) is 11.4. The predicted molar refractivity (Wildman–Crippen MR) is 156 cm³/mol. The van der Waals surface area contributed by atoms with E-state index in [1.165, 1.54) is 24.3 Å². The highest BCUT2D eigenvalue weighted by atomic mass is 127. The van der Waals surface area contributed by atoms with Crippen molar-refractivity contribution in [2.24, 2.45) is 0 Å². The van der Waals surface area contributed by atoms with E-state index in [1.807, 2.05) is 29.0 Å². The number of halogens is 1. The van der Waals surface area contributed by atoms with E-state index in [4.69, 9.17) is 4.74 Å². The maximum Gasteiger partial charge on any atom is 0.281 e. The van der Waals surface area contributed by atoms with Crippen molar-refractivity contribution in [3.05, 3.63) is 134 Å². The number of hydrogen-bond donors (Lipinski definition) is 2. The number of sulfonamides is 1. The third kappa shape index (κ3) is 7.30. The topological polar surface area (TPSA) is 145 Å². The molecule has 10 nitrogen and oxygen atoms in total. The smallest absolute Gasteiger partial charge is 0.281 e. The lowest BCUT2D eigenvalue weighted by Gasteiger charge is -2.12. The number of rotatable bonds is 9. The van der Waals surface area contributed by atoms with E-state index < -0.39 is 37.3 Å². The van der Waals surface area contributed by atoms with Crippen molar-refractivity contribution in [1.29, 1.82) is 0 Å². The van der Waals surface area contributed by atoms with Crippen LogP contribution in [0.15, 0.2) is 114 Å². The zero-order valence-electron chi connectivity index (χ0n) is 20.5. The van der Waals surface area contributed by atoms with Gasteiger partial charge >= 0.3 is 0 Å². The second-order valence-electron chi connectivity index (χ2n) is 8.17. The maximum absolute atomic E-state index is 13.1. The minimum Gasteiger partial charge on any atom is -0.456 e. The summed E-state index contributed by atoms with van der Waals surface area (Å²) >= 11 is 2.15. The second-order valence-corrected chi connectivity index (χ2v) is 11.0. The van der Waals surface area contributed by atoms with Crippen LogP contribution in [0.4, 0.5) is 5.69 Å². The summed E-state index contributed by atoms with van der Waals surface area (Å²) in [5, 5.41) is 13.5. The molecule has 40 heavy (non-hydrogen) atoms. The lowest BCUT2D eigenvalue weighted by molar-refractivity contribution is -0.385. The van der Waals surface area contributed by atoms with Crippen LogP contribution in [0.25, 0.3) is 6.08 Å². The number of non-ortho nitro benzene ring substituents is 1. The summed E-state index contributed by atoms with van der Waals surface area (Å²) < 4.78 is 34.4. The SMILES string of the molecule is O=C(NS(=O)(=O)c1cccc([N+](=O)[O-])c1)/C(=C\c1ccc(Oc2ccccc2I)cc1)NC(=O)c1ccccc1. The monoisotopic (exact) mass is 669 g/mol. The van der Waals surface area contributed by atoms with E-state index >= 15 is 0 Å². The molecule has 202 valence electrons. The highest BCUT2D eigenvalue weighted by Crippen LogP contribution is 2.27. The van der Waals surface area contributed by atoms with Crippen LogP contribution in [0.2, 0.25) is 0 Å². The van der Waals surface area contributed by atoms with Gasteiger partial charge in [-0.25, -0.2) is 13.1 Å². The van der Waals surface area contributed by atoms with Gasteiger partial charge in [0.05, 0.1) is 13.4 Å². The van der Waals surface area contributed by atoms with Crippen molar-refractivity contribution >= 4 is 56.2 Å². The van der Waals surface area contributed by atoms with Gasteiger partial charge in [0, 0.05) is 17.7 Å². The molecule has 4 aromatic carbocycles. The van der Waals surface area contributed by atoms with Crippen LogP contribution >= 0.6 is 22.6 Å². The van der Waals surface area contributed by atoms with Gasteiger partial charge in [-0.1, -0.05) is 48.5 Å². The minimum atomic E-state index is -4.52. The number of nitro benzene ring substituents is 1. The Morgan fingerprint density at radius 2 is 1.55 bits per heavy atom. The Hall–Kier alpha value is -4.56. The second kappa shape index (κ2) is 12.5. The van der Waals surface area contributed by atoms with Crippen molar-refractivity contribution < 1.29 is 27.7 Å². The summed E-state index contributed by atoms with van der Waals surface area (Å²) in [6, 6.07) is 26.3. The highest BCUT2D eigenvalue weighted by Gasteiger charge is 2.24. The van der Waals surface area contributed by atoms with Crippen LogP contribution in [0.1, 0.15) is 15.9 Å². The van der Waals surface area contributed by atoms with E-state index in [1.54, 1.807) is 42.5 Å². The number of amides is 2. The first kappa shape index (κ1) is 28.4. The van der Waals surface area contributed by atoms with Crippen LogP contribution < -0.4 is 14.8 Å². The quantitative estimate of drug-likeness (QED) is 0.107. The number of ether oxygens (including phenoxy) is 1. The summed E-state index contributed by atoms with van der Waals surface area (Å²) in [4.78, 5) is 35.8. The molecule has 0 bridgehead atoms. The molecule has 0 spiro atoms. The first-order chi connectivity index (χ1) is 19.1. The molecule has 0 heterocycles. The van der Waals surface area contributed by atoms with Gasteiger partial charge in [0.1, 0.15) is 17.2 Å². The first-order valence-corrected chi connectivity index (χ1v) is 14.1. The Morgan fingerprint density at radius 3 is 2.23 bits per heavy atom. The molecule has 4 aromatic rings. The molecule has 0 radical (unpaired) electrons. The fourth-order valence-electron chi connectivity index (χ4n) is 3.40. The number of carbonyl (C=O) groups is 2. The predicted octanol–water partition coefficient (Wildman–Crippen LogP) is 5.27. The average molecular weight is 669 g/mol. The molecule has 0 unspecified atom stereocenters. The molecular weight excluding hydrogens is 649 g/mol. The van der Waals surface area contributed by atoms with Crippen molar-refractivity contribution in [2.75, 3.05) is 0 Å². The Kier molecular flexibility index (Phi) is 8.91. The molecular formula is C28H20IN3O7S. The van der Waals surface area contributed by atoms with Crippen LogP contribution in [-0.4, -0.2) is 25.2 Å². The Balaban J connectivity index is 1.62. The third-order valence-corrected chi connectivity index (χ3v) is 7.57. The van der Waals surface area contributed by atoms with Gasteiger partial charge in [0.2, 0.25) is 0 Å². The lowest BCUT2D eigenvalue weighted by atomic mass is 10.1. The molecule has 0 atom stereocenters. The van der Waals surface area contributed by atoms with Crippen LogP contribution in [-0.2, 0) is 14.8 Å². The number of hydrogen-bond acceptors (Lipinski definition) is 7. The number of benzene rings is 4. The Morgan fingerprint density at radius 1 is 0.875 bits per heavy atom. The van der Waals surface area contributed by atoms with E-state index in [2.05, 4.69) is 27.9 Å². The summed E-state index contributed by atoms with van der Waals surface area (Å²) in [6.07, 6.45) is 1.30. The number of para-hydroxylation sites is 1. The van der Waals surface area contributed by atoms with Gasteiger partial charge in [0.15, 0.2) is 0 Å². The molecule has 0 saturated heterocycles. The molecule has 12 heteroatoms. The van der Waals surface area contributed by atoms with Crippen molar-refractivity contribution in [1.82, 2.24) is 10.0 Å². The maximum atomic E-state index is 13.1. The summed E-state index contributed by atoms with van der Waals surface area (Å²) in [6.45, 7) is 0. The molecule has 0 aliphatic carbocycles. The van der Waals surface area contributed by atoms with Crippen LogP contribution in [0.5, 0.6) is 11.5 Å². The Bertz CT molecular complexity index is 1710. The molecule has 0 saturated carbocycles. The molecule has 0 aliphatic rings. The van der Waals surface area contributed by atoms with Crippen molar-refractivity contribution in [3.8, 4) is 11.5 Å². The average Bonchev–Trinajstić information content (AvgIpc) is 2.95. The zero-order chi connectivity index (χ0) is 28.7. The van der Waals surface area contributed by atoms with E-state index in [-0.39, 0.29) is 11.3 Å². The molecule has 4 rings (SSSR count). The third-order valence-electron chi connectivity index (χ3n) is 5.35. The highest BCUT2D eigenvalue weighted by molar-refractivity contribution is 14.1. The fourth-order valence-corrected chi connectivity index (χ4v) is 4.90. The number of nitrogens with one attached hydrogen (secondary N) is 2. The number of nitro groups is 1.